The molecule has 0 saturated heterocycles. The molecule has 0 unspecified atom stereocenters. The number of rotatable bonds is 25. The van der Waals surface area contributed by atoms with Crippen LogP contribution in [0.1, 0.15) is 97.5 Å². The third-order valence-electron chi connectivity index (χ3n) is 6.36. The van der Waals surface area contributed by atoms with Gasteiger partial charge in [0.25, 0.3) is 0 Å². The minimum atomic E-state index is -2.70. The molecule has 1 amide bonds. The fraction of sp³-hybridized carbons (Fsp3) is 0.677. The minimum absolute atomic E-state index is 0.329. The molecule has 0 fully saturated rings. The lowest BCUT2D eigenvalue weighted by molar-refractivity contribution is -0.132. The van der Waals surface area contributed by atoms with Gasteiger partial charge in [-0.25, -0.2) is 9.59 Å². The number of carboxylic acids is 1. The maximum atomic E-state index is 12.0. The smallest absolute Gasteiger partial charge is 0.494 e. The summed E-state index contributed by atoms with van der Waals surface area (Å²) in [6.45, 7) is 11.0. The van der Waals surface area contributed by atoms with Gasteiger partial charge in [0.15, 0.2) is 0 Å². The number of hydrogen-bond donors (Lipinski definition) is 2. The van der Waals surface area contributed by atoms with Gasteiger partial charge in [-0.1, -0.05) is 51.2 Å². The van der Waals surface area contributed by atoms with Gasteiger partial charge in [-0.15, -0.1) is 0 Å². The second kappa shape index (κ2) is 23.2. The van der Waals surface area contributed by atoms with E-state index in [4.69, 9.17) is 22.8 Å². The highest BCUT2D eigenvalue weighted by molar-refractivity contribution is 6.60. The summed E-state index contributed by atoms with van der Waals surface area (Å²) in [5.74, 6) is -0.0928. The lowest BCUT2D eigenvalue weighted by Crippen LogP contribution is -2.46. The predicted molar refractivity (Wildman–Crippen MR) is 164 cm³/mol. The molecule has 0 bridgehead atoms. The highest BCUT2D eigenvalue weighted by Gasteiger charge is 2.39. The lowest BCUT2D eigenvalue weighted by atomic mass is 10.0. The Morgan fingerprint density at radius 1 is 0.805 bits per heavy atom. The Morgan fingerprint density at radius 2 is 1.41 bits per heavy atom. The first-order valence-corrected chi connectivity index (χ1v) is 17.3. The molecule has 0 spiro atoms. The average Bonchev–Trinajstić information content (AvgIpc) is 2.95. The van der Waals surface area contributed by atoms with Crippen LogP contribution in [0.15, 0.2) is 29.8 Å². The maximum absolute atomic E-state index is 12.0. The first-order valence-electron chi connectivity index (χ1n) is 15.4. The van der Waals surface area contributed by atoms with Gasteiger partial charge in [-0.2, -0.15) is 0 Å². The van der Waals surface area contributed by atoms with Gasteiger partial charge in [0.1, 0.15) is 5.75 Å². The van der Waals surface area contributed by atoms with Gasteiger partial charge in [-0.05, 0) is 76.6 Å². The third-order valence-corrected chi connectivity index (χ3v) is 9.51. The highest BCUT2D eigenvalue weighted by atomic mass is 28.4. The van der Waals surface area contributed by atoms with Crippen molar-refractivity contribution in [2.24, 2.45) is 0 Å². The molecule has 1 aromatic rings. The van der Waals surface area contributed by atoms with E-state index in [2.05, 4.69) is 12.2 Å². The van der Waals surface area contributed by atoms with Crippen molar-refractivity contribution in [1.82, 2.24) is 5.32 Å². The number of benzene rings is 1. The van der Waals surface area contributed by atoms with Crippen LogP contribution in [-0.2, 0) is 22.8 Å². The summed E-state index contributed by atoms with van der Waals surface area (Å²) in [6, 6.07) is 8.19. The predicted octanol–water partition coefficient (Wildman–Crippen LogP) is 7.23. The van der Waals surface area contributed by atoms with E-state index in [0.29, 0.717) is 64.0 Å². The van der Waals surface area contributed by atoms with Gasteiger partial charge in [-0.3, -0.25) is 0 Å². The monoisotopic (exact) mass is 595 g/mol. The van der Waals surface area contributed by atoms with Crippen molar-refractivity contribution in [3.8, 4) is 5.75 Å². The van der Waals surface area contributed by atoms with Crippen LogP contribution in [0.25, 0.3) is 6.08 Å². The van der Waals surface area contributed by atoms with Crippen LogP contribution in [0.3, 0.4) is 0 Å². The maximum Gasteiger partial charge on any atom is 0.500 e. The van der Waals surface area contributed by atoms with Crippen molar-refractivity contribution >= 4 is 26.9 Å². The zero-order valence-corrected chi connectivity index (χ0v) is 26.7. The van der Waals surface area contributed by atoms with Gasteiger partial charge < -0.3 is 33.2 Å². The Labute approximate surface area is 248 Å². The van der Waals surface area contributed by atoms with Crippen molar-refractivity contribution in [2.45, 2.75) is 97.9 Å². The summed E-state index contributed by atoms with van der Waals surface area (Å²) in [5.41, 5.74) is 1.24. The molecule has 0 heterocycles. The van der Waals surface area contributed by atoms with Crippen molar-refractivity contribution in [1.29, 1.82) is 0 Å². The summed E-state index contributed by atoms with van der Waals surface area (Å²) in [4.78, 5) is 23.7. The van der Waals surface area contributed by atoms with Crippen LogP contribution in [0, 0.1) is 0 Å². The van der Waals surface area contributed by atoms with E-state index in [0.717, 1.165) is 43.4 Å². The van der Waals surface area contributed by atoms with Gasteiger partial charge >= 0.3 is 20.9 Å². The van der Waals surface area contributed by atoms with Crippen LogP contribution >= 0.6 is 0 Å². The quantitative estimate of drug-likeness (QED) is 0.0692. The van der Waals surface area contributed by atoms with Crippen LogP contribution in [-0.4, -0.2) is 65.6 Å². The molecule has 0 atom stereocenters. The molecule has 9 nitrogen and oxygen atoms in total. The first kappa shape index (κ1) is 36.6. The molecular formula is C31H53NO8Si. The van der Waals surface area contributed by atoms with Crippen LogP contribution in [0.5, 0.6) is 5.75 Å². The molecule has 10 heteroatoms. The zero-order valence-electron chi connectivity index (χ0n) is 25.7. The molecule has 0 saturated carbocycles. The van der Waals surface area contributed by atoms with Gasteiger partial charge in [0.2, 0.25) is 0 Å². The largest absolute Gasteiger partial charge is 0.500 e. The lowest BCUT2D eigenvalue weighted by Gasteiger charge is -2.28. The number of unbranched alkanes of at least 4 members (excludes halogenated alkanes) is 6. The molecule has 234 valence electrons. The highest BCUT2D eigenvalue weighted by Crippen LogP contribution is 2.19. The Kier molecular flexibility index (Phi) is 20.7. The minimum Gasteiger partial charge on any atom is -0.494 e. The number of nitrogens with one attached hydrogen (secondary N) is 1. The summed E-state index contributed by atoms with van der Waals surface area (Å²) in [5, 5.41) is 12.4. The second-order valence-corrected chi connectivity index (χ2v) is 12.5. The fourth-order valence-corrected chi connectivity index (χ4v) is 6.92. The Balaban J connectivity index is 2.25. The number of alkyl carbamates (subject to hydrolysis) is 1. The summed E-state index contributed by atoms with van der Waals surface area (Å²) in [6.07, 6.45) is 10.3. The summed E-state index contributed by atoms with van der Waals surface area (Å²) in [7, 11) is -2.70. The number of carbonyl (C=O) groups excluding carboxylic acids is 1. The molecule has 41 heavy (non-hydrogen) atoms. The molecule has 2 N–H and O–H groups in total. The van der Waals surface area contributed by atoms with E-state index >= 15 is 0 Å². The third kappa shape index (κ3) is 17.2. The summed E-state index contributed by atoms with van der Waals surface area (Å²) >= 11 is 0. The van der Waals surface area contributed by atoms with E-state index < -0.39 is 20.9 Å². The summed E-state index contributed by atoms with van der Waals surface area (Å²) < 4.78 is 28.5. The fourth-order valence-electron chi connectivity index (χ4n) is 4.30. The zero-order chi connectivity index (χ0) is 30.2. The van der Waals surface area contributed by atoms with Gasteiger partial charge in [0, 0.05) is 38.0 Å². The number of ether oxygens (including phenoxy) is 2. The number of carboxylic acid groups (broad SMARTS) is 1. The van der Waals surface area contributed by atoms with E-state index in [1.54, 1.807) is 6.08 Å². The Bertz CT molecular complexity index is 845. The molecular weight excluding hydrogens is 542 g/mol. The van der Waals surface area contributed by atoms with Gasteiger partial charge in [0.05, 0.1) is 13.2 Å². The average molecular weight is 596 g/mol. The molecule has 1 rings (SSSR count). The SMILES string of the molecule is CCCCCCOc1ccc(/C=C(\CCCCCCOC(=O)NCCC[Si](OCC)(OCC)OCC)C(=O)O)cc1. The molecule has 0 aliphatic carbocycles. The van der Waals surface area contributed by atoms with Crippen molar-refractivity contribution in [3.05, 3.63) is 35.4 Å². The van der Waals surface area contributed by atoms with Crippen LogP contribution in [0.2, 0.25) is 6.04 Å². The van der Waals surface area contributed by atoms with E-state index in [9.17, 15) is 14.7 Å². The topological polar surface area (TPSA) is 113 Å². The van der Waals surface area contributed by atoms with Crippen molar-refractivity contribution < 1.29 is 37.4 Å². The van der Waals surface area contributed by atoms with E-state index in [1.807, 2.05) is 45.0 Å². The molecule has 0 radical (unpaired) electrons. The molecule has 0 aliphatic rings. The van der Waals surface area contributed by atoms with Crippen LogP contribution in [0.4, 0.5) is 4.79 Å². The normalized spacial score (nSPS) is 11.9. The Hall–Kier alpha value is -2.40. The Morgan fingerprint density at radius 3 is 2.02 bits per heavy atom. The number of carbonyl (C=O) groups is 2. The van der Waals surface area contributed by atoms with Crippen molar-refractivity contribution in [2.75, 3.05) is 39.6 Å². The molecule has 1 aromatic carbocycles. The number of aliphatic carboxylic acids is 1. The molecule has 0 aromatic heterocycles. The number of hydrogen-bond acceptors (Lipinski definition) is 7. The van der Waals surface area contributed by atoms with E-state index in [-0.39, 0.29) is 0 Å². The molecule has 0 aliphatic heterocycles. The van der Waals surface area contributed by atoms with E-state index in [1.165, 1.54) is 19.3 Å². The second-order valence-electron chi connectivity index (χ2n) is 9.77. The van der Waals surface area contributed by atoms with Crippen molar-refractivity contribution in [3.63, 3.8) is 0 Å². The number of amides is 1. The van der Waals surface area contributed by atoms with Crippen LogP contribution < -0.4 is 10.1 Å². The standard InChI is InChI=1S/C31H53NO8Si/c1-5-9-10-14-23-36-29-20-18-27(19-21-29)26-28(30(33)34)17-13-11-12-15-24-37-31(35)32-22-16-25-41(38-6-2,39-7-3)40-8-4/h18-21,26H,5-17,22-25H2,1-4H3,(H,32,35)(H,33,34)/b28-26+. The first-order chi connectivity index (χ1) is 19.9.